The summed E-state index contributed by atoms with van der Waals surface area (Å²) < 4.78 is 15.8. The predicted octanol–water partition coefficient (Wildman–Crippen LogP) is 3.63. The van der Waals surface area contributed by atoms with Crippen molar-refractivity contribution >= 4 is 22.9 Å². The third-order valence-corrected chi connectivity index (χ3v) is 4.16. The first kappa shape index (κ1) is 18.3. The average molecular weight is 364 g/mol. The van der Waals surface area contributed by atoms with Crippen LogP contribution in [0.2, 0.25) is 0 Å². The Morgan fingerprint density at radius 2 is 1.59 bits per heavy atom. The lowest BCUT2D eigenvalue weighted by Crippen LogP contribution is -2.17. The number of ether oxygens (including phenoxy) is 3. The zero-order valence-electron chi connectivity index (χ0n) is 15.4. The Kier molecular flexibility index (Phi) is 5.56. The minimum atomic E-state index is -0.355. The molecule has 0 saturated carbocycles. The average Bonchev–Trinajstić information content (AvgIpc) is 2.73. The molecule has 0 spiro atoms. The van der Waals surface area contributed by atoms with Crippen LogP contribution in [0.5, 0.6) is 17.2 Å². The zero-order chi connectivity index (χ0) is 19.2. The van der Waals surface area contributed by atoms with Crippen LogP contribution < -0.4 is 19.6 Å². The molecule has 3 aromatic carbocycles. The minimum absolute atomic E-state index is 0.355. The summed E-state index contributed by atoms with van der Waals surface area (Å²) in [5.74, 6) is 1.35. The molecule has 0 aliphatic heterocycles. The van der Waals surface area contributed by atoms with Gasteiger partial charge >= 0.3 is 0 Å². The van der Waals surface area contributed by atoms with Gasteiger partial charge < -0.3 is 14.2 Å². The molecule has 6 heteroatoms. The number of hydrogen-bond acceptors (Lipinski definition) is 5. The molecule has 0 heterocycles. The van der Waals surface area contributed by atoms with E-state index >= 15 is 0 Å². The monoisotopic (exact) mass is 364 g/mol. The van der Waals surface area contributed by atoms with Gasteiger partial charge in [-0.3, -0.25) is 4.79 Å². The molecule has 1 amide bonds. The summed E-state index contributed by atoms with van der Waals surface area (Å²) in [5.41, 5.74) is 3.74. The first-order chi connectivity index (χ1) is 13.2. The largest absolute Gasteiger partial charge is 0.496 e. The van der Waals surface area contributed by atoms with E-state index in [-0.39, 0.29) is 5.91 Å². The van der Waals surface area contributed by atoms with Crippen molar-refractivity contribution in [3.05, 3.63) is 65.7 Å². The van der Waals surface area contributed by atoms with Crippen LogP contribution in [0, 0.1) is 0 Å². The van der Waals surface area contributed by atoms with Crippen LogP contribution in [0.1, 0.15) is 15.9 Å². The Balaban J connectivity index is 1.84. The van der Waals surface area contributed by atoms with E-state index in [1.807, 2.05) is 36.4 Å². The Morgan fingerprint density at radius 3 is 2.33 bits per heavy atom. The van der Waals surface area contributed by atoms with E-state index in [9.17, 15) is 4.79 Å². The molecule has 0 unspecified atom stereocenters. The molecule has 3 rings (SSSR count). The molecule has 0 atom stereocenters. The Morgan fingerprint density at radius 1 is 0.889 bits per heavy atom. The van der Waals surface area contributed by atoms with Gasteiger partial charge in [-0.2, -0.15) is 5.10 Å². The highest BCUT2D eigenvalue weighted by molar-refractivity contribution is 6.03. The molecule has 138 valence electrons. The standard InChI is InChI=1S/C21H20N2O4/c1-25-18-10-8-14-6-4-5-7-16(14)17(18)13-22-23-21(24)15-9-11-19(26-2)20(12-15)27-3/h4-13H,1-3H3,(H,23,24). The number of hydrazone groups is 1. The highest BCUT2D eigenvalue weighted by Gasteiger charge is 2.10. The van der Waals surface area contributed by atoms with E-state index in [0.29, 0.717) is 22.8 Å². The summed E-state index contributed by atoms with van der Waals surface area (Å²) in [6.45, 7) is 0. The minimum Gasteiger partial charge on any atom is -0.496 e. The van der Waals surface area contributed by atoms with Crippen molar-refractivity contribution in [2.24, 2.45) is 5.10 Å². The van der Waals surface area contributed by atoms with Gasteiger partial charge in [-0.25, -0.2) is 5.43 Å². The van der Waals surface area contributed by atoms with E-state index in [0.717, 1.165) is 16.3 Å². The maximum absolute atomic E-state index is 12.4. The second kappa shape index (κ2) is 8.23. The fourth-order valence-electron chi connectivity index (χ4n) is 2.78. The molecular formula is C21H20N2O4. The predicted molar refractivity (Wildman–Crippen MR) is 105 cm³/mol. The molecule has 0 fully saturated rings. The number of hydrogen-bond donors (Lipinski definition) is 1. The van der Waals surface area contributed by atoms with Crippen molar-refractivity contribution < 1.29 is 19.0 Å². The number of methoxy groups -OCH3 is 3. The van der Waals surface area contributed by atoms with Crippen molar-refractivity contribution in [3.8, 4) is 17.2 Å². The quantitative estimate of drug-likeness (QED) is 0.536. The second-order valence-corrected chi connectivity index (χ2v) is 5.67. The van der Waals surface area contributed by atoms with Crippen molar-refractivity contribution in [2.75, 3.05) is 21.3 Å². The van der Waals surface area contributed by atoms with Crippen LogP contribution in [0.25, 0.3) is 10.8 Å². The van der Waals surface area contributed by atoms with Gasteiger partial charge in [-0.05, 0) is 35.0 Å². The smallest absolute Gasteiger partial charge is 0.271 e. The highest BCUT2D eigenvalue weighted by atomic mass is 16.5. The van der Waals surface area contributed by atoms with Crippen LogP contribution in [0.4, 0.5) is 0 Å². The topological polar surface area (TPSA) is 69.2 Å². The lowest BCUT2D eigenvalue weighted by Gasteiger charge is -2.09. The van der Waals surface area contributed by atoms with Crippen LogP contribution in [-0.2, 0) is 0 Å². The van der Waals surface area contributed by atoms with E-state index in [1.54, 1.807) is 38.6 Å². The SMILES string of the molecule is COc1ccc(C(=O)NN=Cc2c(OC)ccc3ccccc23)cc1OC. The van der Waals surface area contributed by atoms with Crippen molar-refractivity contribution in [3.63, 3.8) is 0 Å². The molecule has 0 radical (unpaired) electrons. The number of carbonyl (C=O) groups excluding carboxylic acids is 1. The van der Waals surface area contributed by atoms with Crippen LogP contribution in [0.3, 0.4) is 0 Å². The number of carbonyl (C=O) groups is 1. The first-order valence-electron chi connectivity index (χ1n) is 8.29. The molecule has 0 saturated heterocycles. The van der Waals surface area contributed by atoms with Gasteiger partial charge in [0.15, 0.2) is 11.5 Å². The molecule has 0 aliphatic rings. The molecule has 0 aromatic heterocycles. The molecule has 6 nitrogen and oxygen atoms in total. The maximum Gasteiger partial charge on any atom is 0.271 e. The zero-order valence-corrected chi connectivity index (χ0v) is 15.4. The van der Waals surface area contributed by atoms with Gasteiger partial charge in [0, 0.05) is 11.1 Å². The summed E-state index contributed by atoms with van der Waals surface area (Å²) in [7, 11) is 4.66. The van der Waals surface area contributed by atoms with Gasteiger partial charge in [-0.1, -0.05) is 30.3 Å². The number of benzene rings is 3. The maximum atomic E-state index is 12.4. The molecule has 0 aliphatic carbocycles. The lowest BCUT2D eigenvalue weighted by atomic mass is 10.0. The number of fused-ring (bicyclic) bond motifs is 1. The summed E-state index contributed by atoms with van der Waals surface area (Å²) in [6.07, 6.45) is 1.58. The molecule has 0 bridgehead atoms. The Bertz CT molecular complexity index is 999. The fourth-order valence-corrected chi connectivity index (χ4v) is 2.78. The van der Waals surface area contributed by atoms with Crippen LogP contribution >= 0.6 is 0 Å². The number of nitrogens with zero attached hydrogens (tertiary/aromatic N) is 1. The number of rotatable bonds is 6. The fraction of sp³-hybridized carbons (Fsp3) is 0.143. The molecule has 27 heavy (non-hydrogen) atoms. The normalized spacial score (nSPS) is 10.8. The molecule has 3 aromatic rings. The van der Waals surface area contributed by atoms with Gasteiger partial charge in [0.05, 0.1) is 27.5 Å². The van der Waals surface area contributed by atoms with Crippen LogP contribution in [0.15, 0.2) is 59.7 Å². The first-order valence-corrected chi connectivity index (χ1v) is 8.29. The van der Waals surface area contributed by atoms with Gasteiger partial charge in [0.2, 0.25) is 0 Å². The van der Waals surface area contributed by atoms with Gasteiger partial charge in [0.1, 0.15) is 5.75 Å². The summed E-state index contributed by atoms with van der Waals surface area (Å²) in [5, 5.41) is 6.15. The van der Waals surface area contributed by atoms with Crippen molar-refractivity contribution in [2.45, 2.75) is 0 Å². The summed E-state index contributed by atoms with van der Waals surface area (Å²) in [4.78, 5) is 12.4. The summed E-state index contributed by atoms with van der Waals surface area (Å²) in [6, 6.07) is 16.7. The molecular weight excluding hydrogens is 344 g/mol. The van der Waals surface area contributed by atoms with E-state index in [1.165, 1.54) is 7.11 Å². The van der Waals surface area contributed by atoms with E-state index in [2.05, 4.69) is 10.5 Å². The van der Waals surface area contributed by atoms with E-state index in [4.69, 9.17) is 14.2 Å². The summed E-state index contributed by atoms with van der Waals surface area (Å²) >= 11 is 0. The van der Waals surface area contributed by atoms with Crippen molar-refractivity contribution in [1.82, 2.24) is 5.43 Å². The second-order valence-electron chi connectivity index (χ2n) is 5.67. The number of nitrogens with one attached hydrogen (secondary N) is 1. The Hall–Kier alpha value is -3.54. The number of amides is 1. The highest BCUT2D eigenvalue weighted by Crippen LogP contribution is 2.28. The third-order valence-electron chi connectivity index (χ3n) is 4.16. The van der Waals surface area contributed by atoms with Gasteiger partial charge in [-0.15, -0.1) is 0 Å². The third kappa shape index (κ3) is 3.84. The van der Waals surface area contributed by atoms with Crippen LogP contribution in [-0.4, -0.2) is 33.5 Å². The lowest BCUT2D eigenvalue weighted by molar-refractivity contribution is 0.0954. The molecule has 1 N–H and O–H groups in total. The Labute approximate surface area is 157 Å². The van der Waals surface area contributed by atoms with Gasteiger partial charge in [0.25, 0.3) is 5.91 Å². The van der Waals surface area contributed by atoms with Crippen molar-refractivity contribution in [1.29, 1.82) is 0 Å². The van der Waals surface area contributed by atoms with E-state index < -0.39 is 0 Å².